The number of nitrogens with zero attached hydrogens (tertiary/aromatic N) is 1. The molecule has 6 heteroatoms. The maximum Gasteiger partial charge on any atom is 0.242 e. The summed E-state index contributed by atoms with van der Waals surface area (Å²) in [5.41, 5.74) is 3.41. The van der Waals surface area contributed by atoms with Crippen molar-refractivity contribution >= 4 is 29.1 Å². The van der Waals surface area contributed by atoms with Crippen molar-refractivity contribution in [1.29, 1.82) is 0 Å². The zero-order chi connectivity index (χ0) is 23.8. The van der Waals surface area contributed by atoms with Gasteiger partial charge >= 0.3 is 0 Å². The number of hydrogen-bond acceptors (Lipinski definition) is 3. The van der Waals surface area contributed by atoms with Crippen LogP contribution in [-0.4, -0.2) is 36.5 Å². The average molecular weight is 497 g/mol. The first-order valence-electron chi connectivity index (χ1n) is 11.7. The molecule has 34 heavy (non-hydrogen) atoms. The lowest BCUT2D eigenvalue weighted by Gasteiger charge is -2.34. The summed E-state index contributed by atoms with van der Waals surface area (Å²) in [6.07, 6.45) is 1.94. The van der Waals surface area contributed by atoms with Gasteiger partial charge in [0.15, 0.2) is 0 Å². The van der Waals surface area contributed by atoms with Crippen molar-refractivity contribution in [3.8, 4) is 0 Å². The third kappa shape index (κ3) is 6.83. The van der Waals surface area contributed by atoms with E-state index in [-0.39, 0.29) is 5.91 Å². The standard InChI is InChI=1S/C28H30Cl2N2O2/c29-25-12-11-22(17-26(25)30)18-31-27(20-34-19-21-7-3-1-4-8-21)28(33)32-15-13-24(14-16-32)23-9-5-2-6-10-23/h1-12,17,24,27,31H,13-16,18-20H2. The number of benzene rings is 3. The quantitative estimate of drug-likeness (QED) is 0.390. The van der Waals surface area contributed by atoms with E-state index in [4.69, 9.17) is 27.9 Å². The van der Waals surface area contributed by atoms with Crippen LogP contribution in [0.4, 0.5) is 0 Å². The van der Waals surface area contributed by atoms with Crippen LogP contribution in [0.5, 0.6) is 0 Å². The maximum absolute atomic E-state index is 13.5. The van der Waals surface area contributed by atoms with Gasteiger partial charge in [-0.25, -0.2) is 0 Å². The number of nitrogens with one attached hydrogen (secondary N) is 1. The lowest BCUT2D eigenvalue weighted by atomic mass is 9.89. The molecule has 1 saturated heterocycles. The van der Waals surface area contributed by atoms with Crippen LogP contribution in [0.15, 0.2) is 78.9 Å². The minimum atomic E-state index is -0.438. The number of likely N-dealkylation sites (tertiary alicyclic amines) is 1. The third-order valence-corrected chi connectivity index (χ3v) is 7.05. The second-order valence-corrected chi connectivity index (χ2v) is 9.51. The molecular weight excluding hydrogens is 467 g/mol. The highest BCUT2D eigenvalue weighted by atomic mass is 35.5. The van der Waals surface area contributed by atoms with E-state index < -0.39 is 6.04 Å². The lowest BCUT2D eigenvalue weighted by Crippen LogP contribution is -2.50. The van der Waals surface area contributed by atoms with Crippen LogP contribution in [0.3, 0.4) is 0 Å². The summed E-state index contributed by atoms with van der Waals surface area (Å²) in [7, 11) is 0. The molecule has 0 saturated carbocycles. The van der Waals surface area contributed by atoms with Crippen molar-refractivity contribution in [1.82, 2.24) is 10.2 Å². The Morgan fingerprint density at radius 3 is 2.26 bits per heavy atom. The van der Waals surface area contributed by atoms with Crippen molar-refractivity contribution in [2.24, 2.45) is 0 Å². The van der Waals surface area contributed by atoms with E-state index in [1.54, 1.807) is 6.07 Å². The van der Waals surface area contributed by atoms with Crippen LogP contribution in [0, 0.1) is 0 Å². The van der Waals surface area contributed by atoms with Crippen LogP contribution >= 0.6 is 23.2 Å². The van der Waals surface area contributed by atoms with E-state index in [2.05, 4.69) is 29.6 Å². The topological polar surface area (TPSA) is 41.6 Å². The average Bonchev–Trinajstić information content (AvgIpc) is 2.89. The SMILES string of the molecule is O=C(C(COCc1ccccc1)NCc1ccc(Cl)c(Cl)c1)N1CCC(c2ccccc2)CC1. The smallest absolute Gasteiger partial charge is 0.242 e. The molecule has 1 fully saturated rings. The minimum absolute atomic E-state index is 0.0830. The number of amides is 1. The van der Waals surface area contributed by atoms with Crippen molar-refractivity contribution in [3.05, 3.63) is 106 Å². The number of carbonyl (C=O) groups is 1. The first-order valence-corrected chi connectivity index (χ1v) is 12.5. The molecule has 4 rings (SSSR count). The Morgan fingerprint density at radius 2 is 1.59 bits per heavy atom. The largest absolute Gasteiger partial charge is 0.375 e. The molecule has 1 heterocycles. The van der Waals surface area contributed by atoms with Crippen LogP contribution in [0.25, 0.3) is 0 Å². The fourth-order valence-corrected chi connectivity index (χ4v) is 4.68. The number of ether oxygens (including phenoxy) is 1. The lowest BCUT2D eigenvalue weighted by molar-refractivity contribution is -0.136. The van der Waals surface area contributed by atoms with Crippen LogP contribution in [0.2, 0.25) is 10.0 Å². The summed E-state index contributed by atoms with van der Waals surface area (Å²) in [6, 6.07) is 25.7. The van der Waals surface area contributed by atoms with Gasteiger partial charge in [0.05, 0.1) is 23.3 Å². The summed E-state index contributed by atoms with van der Waals surface area (Å²) in [5.74, 6) is 0.585. The predicted molar refractivity (Wildman–Crippen MR) is 138 cm³/mol. The molecule has 1 atom stereocenters. The Hall–Kier alpha value is -2.37. The van der Waals surface area contributed by atoms with Gasteiger partial charge in [-0.1, -0.05) is 89.9 Å². The number of halogens is 2. The first kappa shape index (κ1) is 24.7. The van der Waals surface area contributed by atoms with Gasteiger partial charge in [-0.15, -0.1) is 0 Å². The van der Waals surface area contributed by atoms with E-state index in [0.717, 1.165) is 37.1 Å². The summed E-state index contributed by atoms with van der Waals surface area (Å²) < 4.78 is 5.96. The normalized spacial score (nSPS) is 15.3. The molecule has 3 aromatic rings. The van der Waals surface area contributed by atoms with E-state index in [1.165, 1.54) is 5.56 Å². The van der Waals surface area contributed by atoms with Gasteiger partial charge in [0.25, 0.3) is 0 Å². The van der Waals surface area contributed by atoms with Crippen molar-refractivity contribution in [2.75, 3.05) is 19.7 Å². The van der Waals surface area contributed by atoms with Crippen LogP contribution in [-0.2, 0) is 22.7 Å². The maximum atomic E-state index is 13.5. The second kappa shape index (κ2) is 12.4. The highest BCUT2D eigenvalue weighted by Crippen LogP contribution is 2.28. The molecule has 3 aromatic carbocycles. The zero-order valence-corrected chi connectivity index (χ0v) is 20.6. The van der Waals surface area contributed by atoms with Gasteiger partial charge in [-0.3, -0.25) is 10.1 Å². The first-order chi connectivity index (χ1) is 16.6. The van der Waals surface area contributed by atoms with Crippen LogP contribution in [0.1, 0.15) is 35.4 Å². The molecule has 1 N–H and O–H groups in total. The Morgan fingerprint density at radius 1 is 0.912 bits per heavy atom. The fraction of sp³-hybridized carbons (Fsp3) is 0.321. The molecule has 0 bridgehead atoms. The molecule has 1 unspecified atom stereocenters. The molecular formula is C28H30Cl2N2O2. The molecule has 0 aliphatic carbocycles. The molecule has 0 aromatic heterocycles. The van der Waals surface area contributed by atoms with Gasteiger partial charge in [0.1, 0.15) is 6.04 Å². The van der Waals surface area contributed by atoms with Crippen molar-refractivity contribution in [2.45, 2.75) is 38.0 Å². The number of rotatable bonds is 9. The third-order valence-electron chi connectivity index (χ3n) is 6.31. The van der Waals surface area contributed by atoms with Gasteiger partial charge in [0.2, 0.25) is 5.91 Å². The van der Waals surface area contributed by atoms with E-state index >= 15 is 0 Å². The summed E-state index contributed by atoms with van der Waals surface area (Å²) in [5, 5.41) is 4.42. The predicted octanol–water partition coefficient (Wildman–Crippen LogP) is 6.07. The molecule has 178 valence electrons. The van der Waals surface area contributed by atoms with E-state index in [0.29, 0.717) is 35.7 Å². The van der Waals surface area contributed by atoms with Gasteiger partial charge in [0, 0.05) is 19.6 Å². The van der Waals surface area contributed by atoms with Crippen molar-refractivity contribution in [3.63, 3.8) is 0 Å². The monoisotopic (exact) mass is 496 g/mol. The van der Waals surface area contributed by atoms with Crippen molar-refractivity contribution < 1.29 is 9.53 Å². The molecule has 0 radical (unpaired) electrons. The molecule has 1 amide bonds. The number of hydrogen-bond donors (Lipinski definition) is 1. The molecule has 4 nitrogen and oxygen atoms in total. The van der Waals surface area contributed by atoms with E-state index in [1.807, 2.05) is 53.4 Å². The number of piperidine rings is 1. The second-order valence-electron chi connectivity index (χ2n) is 8.69. The molecule has 1 aliphatic heterocycles. The Kier molecular flexibility index (Phi) is 9.00. The molecule has 1 aliphatic rings. The van der Waals surface area contributed by atoms with Gasteiger partial charge < -0.3 is 9.64 Å². The Balaban J connectivity index is 1.37. The van der Waals surface area contributed by atoms with Gasteiger partial charge in [-0.2, -0.15) is 0 Å². The highest BCUT2D eigenvalue weighted by molar-refractivity contribution is 6.42. The summed E-state index contributed by atoms with van der Waals surface area (Å²) in [4.78, 5) is 15.4. The molecule has 0 spiro atoms. The van der Waals surface area contributed by atoms with Crippen LogP contribution < -0.4 is 5.32 Å². The van der Waals surface area contributed by atoms with Gasteiger partial charge in [-0.05, 0) is 47.6 Å². The zero-order valence-electron chi connectivity index (χ0n) is 19.1. The minimum Gasteiger partial charge on any atom is -0.375 e. The highest BCUT2D eigenvalue weighted by Gasteiger charge is 2.29. The summed E-state index contributed by atoms with van der Waals surface area (Å²) >= 11 is 12.2. The Bertz CT molecular complexity index is 1050. The number of carbonyl (C=O) groups excluding carboxylic acids is 1. The Labute approximate surface area is 211 Å². The van der Waals surface area contributed by atoms with E-state index in [9.17, 15) is 4.79 Å². The summed E-state index contributed by atoms with van der Waals surface area (Å²) in [6.45, 7) is 2.77. The fourth-order valence-electron chi connectivity index (χ4n) is 4.36.